The first-order valence-electron chi connectivity index (χ1n) is 5.59. The van der Waals surface area contributed by atoms with Crippen LogP contribution in [-0.4, -0.2) is 0 Å². The molecule has 0 radical (unpaired) electrons. The molecule has 0 bridgehead atoms. The Morgan fingerprint density at radius 3 is 2.58 bits per heavy atom. The Morgan fingerprint density at radius 1 is 1.26 bits per heavy atom. The second-order valence-electron chi connectivity index (χ2n) is 4.13. The van der Waals surface area contributed by atoms with Crippen molar-refractivity contribution in [2.45, 2.75) is 19.5 Å². The quantitative estimate of drug-likeness (QED) is 0.754. The molecule has 102 valence electrons. The standard InChI is InChI=1S/C13H11Cl3FNS/c1-7(9-5-12(15)19-13(9)16)18-6-8-2-3-11(17)10(14)4-8/h2-5,7,18H,6H2,1H3. The van der Waals surface area contributed by atoms with Crippen molar-refractivity contribution in [3.8, 4) is 0 Å². The van der Waals surface area contributed by atoms with Crippen LogP contribution in [0, 0.1) is 5.82 Å². The molecule has 2 rings (SSSR count). The maximum absolute atomic E-state index is 13.0. The second-order valence-corrected chi connectivity index (χ2v) is 6.82. The molecule has 0 saturated heterocycles. The molecule has 0 amide bonds. The first-order valence-corrected chi connectivity index (χ1v) is 7.54. The molecule has 1 unspecified atom stereocenters. The van der Waals surface area contributed by atoms with E-state index in [-0.39, 0.29) is 11.1 Å². The van der Waals surface area contributed by atoms with Gasteiger partial charge >= 0.3 is 0 Å². The third-order valence-electron chi connectivity index (χ3n) is 2.75. The van der Waals surface area contributed by atoms with Crippen LogP contribution in [0.4, 0.5) is 4.39 Å². The van der Waals surface area contributed by atoms with E-state index in [0.29, 0.717) is 15.2 Å². The molecule has 1 atom stereocenters. The number of rotatable bonds is 4. The monoisotopic (exact) mass is 337 g/mol. The van der Waals surface area contributed by atoms with Gasteiger partial charge in [-0.15, -0.1) is 11.3 Å². The van der Waals surface area contributed by atoms with Crippen LogP contribution in [0.3, 0.4) is 0 Å². The van der Waals surface area contributed by atoms with E-state index in [4.69, 9.17) is 34.8 Å². The molecule has 2 aromatic rings. The zero-order valence-electron chi connectivity index (χ0n) is 10.0. The summed E-state index contributed by atoms with van der Waals surface area (Å²) in [5.41, 5.74) is 1.88. The summed E-state index contributed by atoms with van der Waals surface area (Å²) in [7, 11) is 0. The lowest BCUT2D eigenvalue weighted by Gasteiger charge is -2.13. The molecule has 0 fully saturated rings. The van der Waals surface area contributed by atoms with Gasteiger partial charge in [0.05, 0.1) is 13.7 Å². The van der Waals surface area contributed by atoms with E-state index in [2.05, 4.69) is 5.32 Å². The van der Waals surface area contributed by atoms with Gasteiger partial charge in [0.25, 0.3) is 0 Å². The summed E-state index contributed by atoms with van der Waals surface area (Å²) in [6.45, 7) is 2.57. The average Bonchev–Trinajstić information content (AvgIpc) is 2.70. The van der Waals surface area contributed by atoms with E-state index in [9.17, 15) is 4.39 Å². The van der Waals surface area contributed by atoms with Crippen molar-refractivity contribution in [2.75, 3.05) is 0 Å². The van der Waals surface area contributed by atoms with Crippen molar-refractivity contribution < 1.29 is 4.39 Å². The van der Waals surface area contributed by atoms with Gasteiger partial charge in [0, 0.05) is 12.6 Å². The molecule has 0 saturated carbocycles. The number of nitrogens with one attached hydrogen (secondary N) is 1. The minimum atomic E-state index is -0.411. The van der Waals surface area contributed by atoms with Crippen molar-refractivity contribution in [2.24, 2.45) is 0 Å². The lowest BCUT2D eigenvalue weighted by molar-refractivity contribution is 0.574. The van der Waals surface area contributed by atoms with Crippen LogP contribution in [0.2, 0.25) is 13.7 Å². The van der Waals surface area contributed by atoms with Crippen LogP contribution in [0.25, 0.3) is 0 Å². The third-order valence-corrected chi connectivity index (χ3v) is 4.55. The van der Waals surface area contributed by atoms with Crippen molar-refractivity contribution in [1.82, 2.24) is 5.32 Å². The normalized spacial score (nSPS) is 12.7. The van der Waals surface area contributed by atoms with E-state index in [0.717, 1.165) is 11.1 Å². The SMILES string of the molecule is CC(NCc1ccc(F)c(Cl)c1)c1cc(Cl)sc1Cl. The van der Waals surface area contributed by atoms with Crippen molar-refractivity contribution >= 4 is 46.1 Å². The second kappa shape index (κ2) is 6.42. The summed E-state index contributed by atoms with van der Waals surface area (Å²) < 4.78 is 14.4. The Labute approximate surface area is 130 Å². The number of benzene rings is 1. The molecule has 1 N–H and O–H groups in total. The molecular weight excluding hydrogens is 328 g/mol. The van der Waals surface area contributed by atoms with Crippen molar-refractivity contribution in [3.63, 3.8) is 0 Å². The highest BCUT2D eigenvalue weighted by Crippen LogP contribution is 2.34. The Kier molecular flexibility index (Phi) is 5.09. The highest BCUT2D eigenvalue weighted by molar-refractivity contribution is 7.20. The molecule has 0 aliphatic carbocycles. The molecule has 0 spiro atoms. The Morgan fingerprint density at radius 2 is 2.00 bits per heavy atom. The smallest absolute Gasteiger partial charge is 0.141 e. The number of hydrogen-bond acceptors (Lipinski definition) is 2. The van der Waals surface area contributed by atoms with Gasteiger partial charge < -0.3 is 5.32 Å². The molecular formula is C13H11Cl3FNS. The zero-order valence-corrected chi connectivity index (χ0v) is 13.1. The van der Waals surface area contributed by atoms with Crippen LogP contribution in [0.5, 0.6) is 0 Å². The predicted molar refractivity (Wildman–Crippen MR) is 81.0 cm³/mol. The van der Waals surface area contributed by atoms with Gasteiger partial charge in [-0.05, 0) is 36.2 Å². The molecule has 1 heterocycles. The van der Waals surface area contributed by atoms with E-state index in [1.54, 1.807) is 12.1 Å². The maximum Gasteiger partial charge on any atom is 0.141 e. The number of halogens is 4. The van der Waals surface area contributed by atoms with Gasteiger partial charge in [-0.3, -0.25) is 0 Å². The van der Waals surface area contributed by atoms with Gasteiger partial charge in [-0.25, -0.2) is 4.39 Å². The van der Waals surface area contributed by atoms with E-state index < -0.39 is 5.82 Å². The minimum absolute atomic E-state index is 0.0556. The van der Waals surface area contributed by atoms with Crippen LogP contribution in [0.1, 0.15) is 24.1 Å². The first-order chi connectivity index (χ1) is 8.97. The number of thiophene rings is 1. The Balaban J connectivity index is 2.02. The fraction of sp³-hybridized carbons (Fsp3) is 0.231. The third kappa shape index (κ3) is 3.83. The minimum Gasteiger partial charge on any atom is -0.306 e. The molecule has 0 aliphatic heterocycles. The fourth-order valence-electron chi connectivity index (χ4n) is 1.68. The molecule has 1 aromatic heterocycles. The van der Waals surface area contributed by atoms with Crippen LogP contribution in [0.15, 0.2) is 24.3 Å². The molecule has 0 aliphatic rings. The topological polar surface area (TPSA) is 12.0 Å². The van der Waals surface area contributed by atoms with E-state index in [1.807, 2.05) is 13.0 Å². The average molecular weight is 339 g/mol. The highest BCUT2D eigenvalue weighted by Gasteiger charge is 2.13. The van der Waals surface area contributed by atoms with Crippen molar-refractivity contribution in [1.29, 1.82) is 0 Å². The summed E-state index contributed by atoms with van der Waals surface area (Å²) in [6, 6.07) is 6.57. The highest BCUT2D eigenvalue weighted by atomic mass is 35.5. The van der Waals surface area contributed by atoms with E-state index >= 15 is 0 Å². The number of hydrogen-bond donors (Lipinski definition) is 1. The summed E-state index contributed by atoms with van der Waals surface area (Å²) in [6.07, 6.45) is 0. The van der Waals surface area contributed by atoms with Gasteiger partial charge in [-0.2, -0.15) is 0 Å². The predicted octanol–water partition coefficient (Wildman–Crippen LogP) is 5.70. The largest absolute Gasteiger partial charge is 0.306 e. The lowest BCUT2D eigenvalue weighted by Crippen LogP contribution is -2.17. The summed E-state index contributed by atoms with van der Waals surface area (Å²) >= 11 is 19.1. The van der Waals surface area contributed by atoms with E-state index in [1.165, 1.54) is 17.4 Å². The first kappa shape index (κ1) is 15.1. The fourth-order valence-corrected chi connectivity index (χ4v) is 3.53. The summed E-state index contributed by atoms with van der Waals surface area (Å²) in [5, 5.41) is 3.43. The molecule has 1 nitrogen and oxygen atoms in total. The van der Waals surface area contributed by atoms with Gasteiger partial charge in [0.2, 0.25) is 0 Å². The van der Waals surface area contributed by atoms with Crippen molar-refractivity contribution in [3.05, 3.63) is 54.9 Å². The van der Waals surface area contributed by atoms with Crippen LogP contribution >= 0.6 is 46.1 Å². The zero-order chi connectivity index (χ0) is 14.0. The van der Waals surface area contributed by atoms with Gasteiger partial charge in [-0.1, -0.05) is 40.9 Å². The maximum atomic E-state index is 13.0. The molecule has 1 aromatic carbocycles. The van der Waals surface area contributed by atoms with Crippen LogP contribution < -0.4 is 5.32 Å². The van der Waals surface area contributed by atoms with Gasteiger partial charge in [0.15, 0.2) is 0 Å². The van der Waals surface area contributed by atoms with Crippen LogP contribution in [-0.2, 0) is 6.54 Å². The van der Waals surface area contributed by atoms with Gasteiger partial charge in [0.1, 0.15) is 5.82 Å². The Hall–Kier alpha value is -0.320. The summed E-state index contributed by atoms with van der Waals surface area (Å²) in [5.74, 6) is -0.411. The summed E-state index contributed by atoms with van der Waals surface area (Å²) in [4.78, 5) is 0. The molecule has 6 heteroatoms. The Bertz CT molecular complexity index is 585. The lowest BCUT2D eigenvalue weighted by atomic mass is 10.1. The molecule has 19 heavy (non-hydrogen) atoms.